The van der Waals surface area contributed by atoms with Crippen LogP contribution in [0.15, 0.2) is 30.3 Å². The minimum atomic E-state index is -0.984. The van der Waals surface area contributed by atoms with Crippen LogP contribution in [0.1, 0.15) is 42.6 Å². The van der Waals surface area contributed by atoms with Gasteiger partial charge in [0.15, 0.2) is 5.69 Å². The molecule has 1 fully saturated rings. The lowest BCUT2D eigenvalue weighted by atomic mass is 9.95. The number of carboxylic acid groups (broad SMARTS) is 1. The van der Waals surface area contributed by atoms with Crippen LogP contribution in [-0.2, 0) is 0 Å². The van der Waals surface area contributed by atoms with Gasteiger partial charge in [-0.2, -0.15) is 0 Å². The maximum atomic E-state index is 11.2. The lowest BCUT2D eigenvalue weighted by Gasteiger charge is -2.24. The molecule has 3 rings (SSSR count). The smallest absolute Gasteiger partial charge is 0.354 e. The summed E-state index contributed by atoms with van der Waals surface area (Å²) in [5, 5.41) is 13.7. The summed E-state index contributed by atoms with van der Waals surface area (Å²) in [6.45, 7) is 0. The van der Waals surface area contributed by atoms with Crippen molar-refractivity contribution >= 4 is 22.6 Å². The number of benzene rings is 1. The molecule has 1 aliphatic carbocycles. The molecule has 1 aromatic carbocycles. The zero-order chi connectivity index (χ0) is 13.9. The summed E-state index contributed by atoms with van der Waals surface area (Å²) >= 11 is 0. The SMILES string of the molecule is O=C(O)c1cc(NC2CCCCC2)c2ccccc2n1. The third kappa shape index (κ3) is 2.59. The Morgan fingerprint density at radius 1 is 1.20 bits per heavy atom. The van der Waals surface area contributed by atoms with Crippen molar-refractivity contribution in [3.8, 4) is 0 Å². The molecule has 1 aromatic heterocycles. The van der Waals surface area contributed by atoms with E-state index in [1.54, 1.807) is 6.07 Å². The average Bonchev–Trinajstić information content (AvgIpc) is 2.48. The van der Waals surface area contributed by atoms with Crippen molar-refractivity contribution in [1.29, 1.82) is 0 Å². The molecule has 0 atom stereocenters. The molecule has 4 heteroatoms. The molecule has 2 aromatic rings. The minimum Gasteiger partial charge on any atom is -0.477 e. The maximum Gasteiger partial charge on any atom is 0.354 e. The first-order valence-electron chi connectivity index (χ1n) is 7.13. The Labute approximate surface area is 117 Å². The van der Waals surface area contributed by atoms with Crippen LogP contribution in [0.4, 0.5) is 5.69 Å². The molecule has 104 valence electrons. The number of anilines is 1. The number of hydrogen-bond donors (Lipinski definition) is 2. The topological polar surface area (TPSA) is 62.2 Å². The van der Waals surface area contributed by atoms with E-state index in [1.807, 2.05) is 24.3 Å². The predicted molar refractivity (Wildman–Crippen MR) is 79.2 cm³/mol. The van der Waals surface area contributed by atoms with Gasteiger partial charge in [0.2, 0.25) is 0 Å². The second-order valence-electron chi connectivity index (χ2n) is 5.36. The monoisotopic (exact) mass is 270 g/mol. The van der Waals surface area contributed by atoms with Gasteiger partial charge in [-0.05, 0) is 25.0 Å². The van der Waals surface area contributed by atoms with E-state index in [1.165, 1.54) is 19.3 Å². The Kier molecular flexibility index (Phi) is 3.54. The number of fused-ring (bicyclic) bond motifs is 1. The molecule has 0 amide bonds. The lowest BCUT2D eigenvalue weighted by molar-refractivity contribution is 0.0691. The number of para-hydroxylation sites is 1. The van der Waals surface area contributed by atoms with E-state index < -0.39 is 5.97 Å². The number of rotatable bonds is 3. The van der Waals surface area contributed by atoms with E-state index in [9.17, 15) is 9.90 Å². The van der Waals surface area contributed by atoms with Crippen LogP contribution in [0.2, 0.25) is 0 Å². The fourth-order valence-electron chi connectivity index (χ4n) is 2.87. The summed E-state index contributed by atoms with van der Waals surface area (Å²) in [6.07, 6.45) is 6.09. The molecule has 0 spiro atoms. The Balaban J connectivity index is 2.00. The lowest BCUT2D eigenvalue weighted by Crippen LogP contribution is -2.22. The standard InChI is InChI=1S/C16H18N2O2/c19-16(20)15-10-14(17-11-6-2-1-3-7-11)12-8-4-5-9-13(12)18-15/h4-5,8-11H,1-3,6-7H2,(H,17,18)(H,19,20). The van der Waals surface area contributed by atoms with Gasteiger partial charge in [0, 0.05) is 17.1 Å². The van der Waals surface area contributed by atoms with Gasteiger partial charge >= 0.3 is 5.97 Å². The molecule has 1 heterocycles. The van der Waals surface area contributed by atoms with Crippen molar-refractivity contribution in [2.45, 2.75) is 38.1 Å². The molecule has 0 saturated heterocycles. The van der Waals surface area contributed by atoms with E-state index in [0.717, 1.165) is 29.4 Å². The van der Waals surface area contributed by atoms with Gasteiger partial charge in [-0.1, -0.05) is 37.5 Å². The third-order valence-electron chi connectivity index (χ3n) is 3.90. The molecule has 0 radical (unpaired) electrons. The van der Waals surface area contributed by atoms with Crippen molar-refractivity contribution in [2.24, 2.45) is 0 Å². The van der Waals surface area contributed by atoms with Crippen LogP contribution in [0.3, 0.4) is 0 Å². The summed E-state index contributed by atoms with van der Waals surface area (Å²) in [6, 6.07) is 9.77. The van der Waals surface area contributed by atoms with E-state index in [0.29, 0.717) is 6.04 Å². The van der Waals surface area contributed by atoms with E-state index >= 15 is 0 Å². The minimum absolute atomic E-state index is 0.0991. The normalized spacial score (nSPS) is 16.2. The molecular weight excluding hydrogens is 252 g/mol. The second kappa shape index (κ2) is 5.49. The fourth-order valence-corrected chi connectivity index (χ4v) is 2.87. The Bertz CT molecular complexity index is 633. The van der Waals surface area contributed by atoms with E-state index in [-0.39, 0.29) is 5.69 Å². The first kappa shape index (κ1) is 12.9. The molecule has 1 aliphatic rings. The van der Waals surface area contributed by atoms with Gasteiger partial charge in [-0.15, -0.1) is 0 Å². The molecule has 0 bridgehead atoms. The number of carboxylic acids is 1. The Morgan fingerprint density at radius 3 is 2.70 bits per heavy atom. The van der Waals surface area contributed by atoms with Crippen LogP contribution >= 0.6 is 0 Å². The fraction of sp³-hybridized carbons (Fsp3) is 0.375. The molecule has 1 saturated carbocycles. The zero-order valence-electron chi connectivity index (χ0n) is 11.3. The molecular formula is C16H18N2O2. The second-order valence-corrected chi connectivity index (χ2v) is 5.36. The maximum absolute atomic E-state index is 11.2. The number of nitrogens with zero attached hydrogens (tertiary/aromatic N) is 1. The average molecular weight is 270 g/mol. The molecule has 0 unspecified atom stereocenters. The van der Waals surface area contributed by atoms with Crippen LogP contribution in [0.5, 0.6) is 0 Å². The van der Waals surface area contributed by atoms with E-state index in [4.69, 9.17) is 0 Å². The van der Waals surface area contributed by atoms with Crippen molar-refractivity contribution in [1.82, 2.24) is 4.98 Å². The van der Waals surface area contributed by atoms with Gasteiger partial charge in [0.25, 0.3) is 0 Å². The quantitative estimate of drug-likeness (QED) is 0.893. The van der Waals surface area contributed by atoms with Crippen LogP contribution in [-0.4, -0.2) is 22.1 Å². The van der Waals surface area contributed by atoms with Crippen molar-refractivity contribution in [3.05, 3.63) is 36.0 Å². The number of aromatic nitrogens is 1. The highest BCUT2D eigenvalue weighted by Gasteiger charge is 2.16. The number of carbonyl (C=O) groups is 1. The zero-order valence-corrected chi connectivity index (χ0v) is 11.3. The van der Waals surface area contributed by atoms with E-state index in [2.05, 4.69) is 10.3 Å². The van der Waals surface area contributed by atoms with Crippen molar-refractivity contribution in [3.63, 3.8) is 0 Å². The third-order valence-corrected chi connectivity index (χ3v) is 3.90. The highest BCUT2D eigenvalue weighted by atomic mass is 16.4. The molecule has 20 heavy (non-hydrogen) atoms. The van der Waals surface area contributed by atoms with Crippen molar-refractivity contribution in [2.75, 3.05) is 5.32 Å². The highest BCUT2D eigenvalue weighted by Crippen LogP contribution is 2.27. The number of pyridine rings is 1. The Morgan fingerprint density at radius 2 is 1.95 bits per heavy atom. The largest absolute Gasteiger partial charge is 0.477 e. The summed E-state index contributed by atoms with van der Waals surface area (Å²) in [4.78, 5) is 15.4. The molecule has 0 aliphatic heterocycles. The van der Waals surface area contributed by atoms with Crippen LogP contribution < -0.4 is 5.32 Å². The van der Waals surface area contributed by atoms with Gasteiger partial charge < -0.3 is 10.4 Å². The predicted octanol–water partition coefficient (Wildman–Crippen LogP) is 3.68. The van der Waals surface area contributed by atoms with Gasteiger partial charge in [0.1, 0.15) is 0 Å². The van der Waals surface area contributed by atoms with Gasteiger partial charge in [0.05, 0.1) is 5.52 Å². The van der Waals surface area contributed by atoms with Gasteiger partial charge in [-0.3, -0.25) is 0 Å². The summed E-state index contributed by atoms with van der Waals surface area (Å²) in [7, 11) is 0. The number of nitrogens with one attached hydrogen (secondary N) is 1. The number of aromatic carboxylic acids is 1. The Hall–Kier alpha value is -2.10. The van der Waals surface area contributed by atoms with Crippen LogP contribution in [0.25, 0.3) is 10.9 Å². The highest BCUT2D eigenvalue weighted by molar-refractivity contribution is 5.97. The van der Waals surface area contributed by atoms with Gasteiger partial charge in [-0.25, -0.2) is 9.78 Å². The van der Waals surface area contributed by atoms with Crippen molar-refractivity contribution < 1.29 is 9.90 Å². The first-order chi connectivity index (χ1) is 9.74. The number of hydrogen-bond acceptors (Lipinski definition) is 3. The summed E-state index contributed by atoms with van der Waals surface area (Å²) < 4.78 is 0. The first-order valence-corrected chi connectivity index (χ1v) is 7.13. The molecule has 2 N–H and O–H groups in total. The van der Waals surface area contributed by atoms with Crippen LogP contribution in [0, 0.1) is 0 Å². The molecule has 4 nitrogen and oxygen atoms in total. The summed E-state index contributed by atoms with van der Waals surface area (Å²) in [5.74, 6) is -0.984. The summed E-state index contributed by atoms with van der Waals surface area (Å²) in [5.41, 5.74) is 1.72.